The average Bonchev–Trinajstić information content (AvgIpc) is 2.77. The number of ether oxygens (including phenoxy) is 1. The molecule has 4 N–H and O–H groups in total. The fourth-order valence-electron chi connectivity index (χ4n) is 3.51. The number of nitrogens with two attached hydrogens (primary N) is 1. The molecule has 0 bridgehead atoms. The van der Waals surface area contributed by atoms with E-state index >= 15 is 0 Å². The molecular weight excluding hydrogens is 436 g/mol. The Kier molecular flexibility index (Phi) is 7.80. The zero-order valence-electron chi connectivity index (χ0n) is 17.4. The lowest BCUT2D eigenvalue weighted by atomic mass is 9.88. The molecule has 32 heavy (non-hydrogen) atoms. The first-order valence-electron chi connectivity index (χ1n) is 10.2. The number of urea groups is 1. The van der Waals surface area contributed by atoms with Gasteiger partial charge >= 0.3 is 12.0 Å². The number of benzene rings is 2. The van der Waals surface area contributed by atoms with Gasteiger partial charge in [0.15, 0.2) is 0 Å². The third kappa shape index (κ3) is 5.83. The summed E-state index contributed by atoms with van der Waals surface area (Å²) in [6.45, 7) is 2.53. The third-order valence-electron chi connectivity index (χ3n) is 5.00. The summed E-state index contributed by atoms with van der Waals surface area (Å²) in [5.74, 6) is -1.41. The fraction of sp³-hybridized carbons (Fsp3) is 0.273. The highest BCUT2D eigenvalue weighted by Crippen LogP contribution is 2.32. The molecule has 0 saturated carbocycles. The van der Waals surface area contributed by atoms with Crippen LogP contribution in [0.25, 0.3) is 0 Å². The second-order valence-corrected chi connectivity index (χ2v) is 7.62. The summed E-state index contributed by atoms with van der Waals surface area (Å²) in [6.07, 6.45) is 2.45. The Labute approximate surface area is 189 Å². The maximum atomic E-state index is 12.8. The van der Waals surface area contributed by atoms with Crippen LogP contribution >= 0.6 is 11.6 Å². The van der Waals surface area contributed by atoms with Gasteiger partial charge in [0.25, 0.3) is 5.69 Å². The number of nitrogens with one attached hydrogen (secondary N) is 2. The Hall–Kier alpha value is -3.43. The van der Waals surface area contributed by atoms with E-state index < -0.39 is 28.9 Å². The molecule has 1 fully saturated rings. The van der Waals surface area contributed by atoms with Crippen LogP contribution in [0.1, 0.15) is 24.1 Å². The number of carbonyl (C=O) groups is 2. The van der Waals surface area contributed by atoms with Gasteiger partial charge in [-0.2, -0.15) is 0 Å². The number of halogens is 1. The number of non-ortho nitro benzene ring substituents is 1. The van der Waals surface area contributed by atoms with Crippen molar-refractivity contribution in [2.45, 2.75) is 19.4 Å². The maximum absolute atomic E-state index is 12.8. The molecule has 168 valence electrons. The molecule has 9 nitrogen and oxygen atoms in total. The number of amides is 2. The number of nitrogens with zero attached hydrogens (tertiary/aromatic N) is 1. The summed E-state index contributed by atoms with van der Waals surface area (Å²) in [5.41, 5.74) is 1.80. The molecule has 2 aromatic rings. The zero-order valence-corrected chi connectivity index (χ0v) is 18.2. The molecule has 3 rings (SSSR count). The zero-order chi connectivity index (χ0) is 23.1. The highest BCUT2D eigenvalue weighted by molar-refractivity contribution is 6.30. The first kappa shape index (κ1) is 23.2. The van der Waals surface area contributed by atoms with Crippen LogP contribution in [-0.4, -0.2) is 30.1 Å². The van der Waals surface area contributed by atoms with Crippen molar-refractivity contribution in [3.05, 3.63) is 86.7 Å². The van der Waals surface area contributed by atoms with Gasteiger partial charge in [0.1, 0.15) is 12.1 Å². The summed E-state index contributed by atoms with van der Waals surface area (Å²) < 4.78 is 5.23. The number of nitro benzene ring substituents is 1. The van der Waals surface area contributed by atoms with Gasteiger partial charge in [0.2, 0.25) is 0 Å². The van der Waals surface area contributed by atoms with Crippen LogP contribution in [0.5, 0.6) is 0 Å². The van der Waals surface area contributed by atoms with Crippen molar-refractivity contribution in [1.82, 2.24) is 10.6 Å². The van der Waals surface area contributed by atoms with Gasteiger partial charge in [0.05, 0.1) is 29.8 Å². The van der Waals surface area contributed by atoms with Gasteiger partial charge < -0.3 is 20.7 Å². The van der Waals surface area contributed by atoms with Crippen LogP contribution in [0.4, 0.5) is 10.5 Å². The van der Waals surface area contributed by atoms with Crippen molar-refractivity contribution in [3.8, 4) is 0 Å². The van der Waals surface area contributed by atoms with Crippen LogP contribution in [0.15, 0.2) is 60.4 Å². The smallest absolute Gasteiger partial charge is 0.319 e. The molecule has 2 aromatic carbocycles. The number of hydrogen-bond acceptors (Lipinski definition) is 5. The van der Waals surface area contributed by atoms with Crippen molar-refractivity contribution in [3.63, 3.8) is 0 Å². The molecule has 10 heteroatoms. The summed E-state index contributed by atoms with van der Waals surface area (Å²) in [6, 6.07) is 12.1. The Bertz CT molecular complexity index is 1030. The summed E-state index contributed by atoms with van der Waals surface area (Å²) in [4.78, 5) is 35.8. The summed E-state index contributed by atoms with van der Waals surface area (Å²) in [5, 5.41) is 19.1. The number of esters is 1. The average molecular weight is 460 g/mol. The Morgan fingerprint density at radius 3 is 2.72 bits per heavy atom. The predicted octanol–water partition coefficient (Wildman–Crippen LogP) is 2.43. The van der Waals surface area contributed by atoms with E-state index in [4.69, 9.17) is 16.3 Å². The first-order chi connectivity index (χ1) is 15.4. The van der Waals surface area contributed by atoms with E-state index in [-0.39, 0.29) is 12.3 Å². The van der Waals surface area contributed by atoms with Gasteiger partial charge in [0, 0.05) is 23.6 Å². The lowest BCUT2D eigenvalue weighted by molar-refractivity contribution is -0.588. The second kappa shape index (κ2) is 10.7. The fourth-order valence-corrected chi connectivity index (χ4v) is 3.63. The van der Waals surface area contributed by atoms with Gasteiger partial charge in [-0.15, -0.1) is 0 Å². The SMILES string of the molecule is CCOC(=O)[C@@H]1/C(=C\[NH2+]CCc2ccc(Cl)cc2)NC(=O)N[C@@H]1c1cccc([N+](=O)[O-])c1. The van der Waals surface area contributed by atoms with E-state index in [1.165, 1.54) is 18.2 Å². The van der Waals surface area contributed by atoms with E-state index in [0.29, 0.717) is 22.8 Å². The normalized spacial score (nSPS) is 19.2. The molecule has 0 aromatic heterocycles. The maximum Gasteiger partial charge on any atom is 0.319 e. The number of nitro groups is 1. The van der Waals surface area contributed by atoms with Crippen molar-refractivity contribution >= 4 is 29.3 Å². The molecule has 1 aliphatic heterocycles. The highest BCUT2D eigenvalue weighted by Gasteiger charge is 2.41. The number of carbonyl (C=O) groups excluding carboxylic acids is 2. The van der Waals surface area contributed by atoms with E-state index in [1.54, 1.807) is 19.2 Å². The Morgan fingerprint density at radius 1 is 1.28 bits per heavy atom. The molecule has 2 atom stereocenters. The minimum atomic E-state index is -0.874. The predicted molar refractivity (Wildman–Crippen MR) is 118 cm³/mol. The quantitative estimate of drug-likeness (QED) is 0.242. The molecule has 1 heterocycles. The van der Waals surface area contributed by atoms with Gasteiger partial charge in [-0.3, -0.25) is 14.9 Å². The Balaban J connectivity index is 1.82. The summed E-state index contributed by atoms with van der Waals surface area (Å²) in [7, 11) is 0. The standard InChI is InChI=1S/C22H23ClN4O5/c1-2-32-21(28)19-18(13-24-11-10-14-6-8-16(23)9-7-14)25-22(29)26-20(19)15-4-3-5-17(12-15)27(30)31/h3-9,12-13,19-20,24H,2,10-11H2,1H3,(H2,25,26,29)/p+1/b18-13+/t19-,20-/m1/s1. The molecular formula is C22H24ClN4O5+. The van der Waals surface area contributed by atoms with Gasteiger partial charge in [-0.25, -0.2) is 4.79 Å². The lowest BCUT2D eigenvalue weighted by Crippen LogP contribution is -2.79. The summed E-state index contributed by atoms with van der Waals surface area (Å²) >= 11 is 5.91. The first-order valence-corrected chi connectivity index (χ1v) is 10.5. The van der Waals surface area contributed by atoms with Crippen LogP contribution < -0.4 is 16.0 Å². The van der Waals surface area contributed by atoms with Gasteiger partial charge in [-0.05, 0) is 30.2 Å². The molecule has 2 amide bonds. The van der Waals surface area contributed by atoms with Crippen LogP contribution in [-0.2, 0) is 16.0 Å². The molecule has 0 spiro atoms. The number of quaternary nitrogens is 1. The molecule has 0 unspecified atom stereocenters. The van der Waals surface area contributed by atoms with Gasteiger partial charge in [-0.1, -0.05) is 35.9 Å². The largest absolute Gasteiger partial charge is 0.465 e. The monoisotopic (exact) mass is 459 g/mol. The van der Waals surface area contributed by atoms with Crippen LogP contribution in [0, 0.1) is 16.0 Å². The minimum absolute atomic E-state index is 0.127. The van der Waals surface area contributed by atoms with E-state index in [9.17, 15) is 19.7 Å². The Morgan fingerprint density at radius 2 is 2.03 bits per heavy atom. The molecule has 1 aliphatic rings. The highest BCUT2D eigenvalue weighted by atomic mass is 35.5. The third-order valence-corrected chi connectivity index (χ3v) is 5.26. The second-order valence-electron chi connectivity index (χ2n) is 7.18. The topological polar surface area (TPSA) is 127 Å². The number of rotatable bonds is 8. The minimum Gasteiger partial charge on any atom is -0.465 e. The van der Waals surface area contributed by atoms with Crippen molar-refractivity contribution in [2.24, 2.45) is 5.92 Å². The lowest BCUT2D eigenvalue weighted by Gasteiger charge is -2.32. The van der Waals surface area contributed by atoms with Crippen molar-refractivity contribution in [2.75, 3.05) is 13.2 Å². The van der Waals surface area contributed by atoms with Crippen molar-refractivity contribution in [1.29, 1.82) is 0 Å². The van der Waals surface area contributed by atoms with E-state index in [0.717, 1.165) is 12.0 Å². The van der Waals surface area contributed by atoms with E-state index in [2.05, 4.69) is 10.6 Å². The van der Waals surface area contributed by atoms with Crippen molar-refractivity contribution < 1.29 is 24.6 Å². The van der Waals surface area contributed by atoms with E-state index in [1.807, 2.05) is 29.6 Å². The van der Waals surface area contributed by atoms with Crippen LogP contribution in [0.2, 0.25) is 5.02 Å². The van der Waals surface area contributed by atoms with Crippen LogP contribution in [0.3, 0.4) is 0 Å². The number of hydrogen-bond donors (Lipinski definition) is 3. The molecule has 1 saturated heterocycles. The molecule has 0 radical (unpaired) electrons. The molecule has 0 aliphatic carbocycles.